The molecule has 0 saturated heterocycles. The lowest BCUT2D eigenvalue weighted by Gasteiger charge is -2.13. The highest BCUT2D eigenvalue weighted by molar-refractivity contribution is 7.92. The third-order valence-corrected chi connectivity index (χ3v) is 5.92. The standard InChI is InChI=1S/C22H24N2O4S/c1-16-7-11-20(12-8-16)29(26,27)24-21-15-18(10-9-17(21)2)22(25)23-13-3-5-19-6-4-14-28-19/h4,6-12,14-15,24H,3,5,13H2,1-2H3,(H,23,25). The molecule has 0 radical (unpaired) electrons. The molecule has 6 nitrogen and oxygen atoms in total. The zero-order chi connectivity index (χ0) is 20.9. The molecule has 3 aromatic rings. The van der Waals surface area contributed by atoms with Crippen LogP contribution in [0, 0.1) is 13.8 Å². The molecule has 3 rings (SSSR count). The molecule has 1 heterocycles. The van der Waals surface area contributed by atoms with Crippen molar-refractivity contribution >= 4 is 21.6 Å². The molecule has 0 unspecified atom stereocenters. The number of aryl methyl sites for hydroxylation is 3. The number of rotatable bonds is 8. The van der Waals surface area contributed by atoms with E-state index in [1.807, 2.05) is 19.1 Å². The van der Waals surface area contributed by atoms with Gasteiger partial charge in [0, 0.05) is 18.5 Å². The summed E-state index contributed by atoms with van der Waals surface area (Å²) in [6.45, 7) is 4.18. The highest BCUT2D eigenvalue weighted by atomic mass is 32.2. The van der Waals surface area contributed by atoms with Crippen LogP contribution in [-0.4, -0.2) is 20.9 Å². The number of carbonyl (C=O) groups is 1. The van der Waals surface area contributed by atoms with Crippen LogP contribution in [0.5, 0.6) is 0 Å². The van der Waals surface area contributed by atoms with Crippen LogP contribution in [0.3, 0.4) is 0 Å². The molecule has 0 aliphatic rings. The monoisotopic (exact) mass is 412 g/mol. The number of anilines is 1. The highest BCUT2D eigenvalue weighted by Gasteiger charge is 2.16. The maximum Gasteiger partial charge on any atom is 0.261 e. The van der Waals surface area contributed by atoms with Gasteiger partial charge in [-0.05, 0) is 62.2 Å². The average molecular weight is 413 g/mol. The molecule has 2 N–H and O–H groups in total. The number of furan rings is 1. The SMILES string of the molecule is Cc1ccc(S(=O)(=O)Nc2cc(C(=O)NCCCc3ccco3)ccc2C)cc1. The van der Waals surface area contributed by atoms with E-state index in [0.717, 1.165) is 29.7 Å². The average Bonchev–Trinajstić information content (AvgIpc) is 3.20. The minimum absolute atomic E-state index is 0.176. The van der Waals surface area contributed by atoms with Gasteiger partial charge in [0.1, 0.15) is 5.76 Å². The molecule has 0 atom stereocenters. The van der Waals surface area contributed by atoms with Gasteiger partial charge in [0.15, 0.2) is 0 Å². The number of benzene rings is 2. The first kappa shape index (κ1) is 20.7. The molecule has 152 valence electrons. The first-order valence-corrected chi connectivity index (χ1v) is 10.8. The number of amides is 1. The molecule has 7 heteroatoms. The predicted molar refractivity (Wildman–Crippen MR) is 113 cm³/mol. The molecule has 0 saturated carbocycles. The third kappa shape index (κ3) is 5.48. The summed E-state index contributed by atoms with van der Waals surface area (Å²) in [5.74, 6) is 0.627. The van der Waals surface area contributed by atoms with E-state index in [2.05, 4.69) is 10.0 Å². The summed E-state index contributed by atoms with van der Waals surface area (Å²) in [6, 6.07) is 15.3. The highest BCUT2D eigenvalue weighted by Crippen LogP contribution is 2.21. The molecule has 0 aliphatic heterocycles. The molecule has 0 aliphatic carbocycles. The van der Waals surface area contributed by atoms with Gasteiger partial charge >= 0.3 is 0 Å². The lowest BCUT2D eigenvalue weighted by molar-refractivity contribution is 0.0953. The van der Waals surface area contributed by atoms with Crippen LogP contribution in [0.2, 0.25) is 0 Å². The van der Waals surface area contributed by atoms with Crippen molar-refractivity contribution in [2.75, 3.05) is 11.3 Å². The number of carbonyl (C=O) groups excluding carboxylic acids is 1. The van der Waals surface area contributed by atoms with E-state index in [9.17, 15) is 13.2 Å². The minimum atomic E-state index is -3.73. The molecule has 29 heavy (non-hydrogen) atoms. The van der Waals surface area contributed by atoms with Gasteiger partial charge < -0.3 is 9.73 Å². The summed E-state index contributed by atoms with van der Waals surface area (Å²) < 4.78 is 33.1. The van der Waals surface area contributed by atoms with E-state index in [0.29, 0.717) is 17.8 Å². The third-order valence-electron chi connectivity index (χ3n) is 4.54. The molecular weight excluding hydrogens is 388 g/mol. The van der Waals surface area contributed by atoms with Gasteiger partial charge in [-0.1, -0.05) is 23.8 Å². The Bertz CT molecular complexity index is 1070. The van der Waals surface area contributed by atoms with E-state index in [4.69, 9.17) is 4.42 Å². The van der Waals surface area contributed by atoms with Crippen molar-refractivity contribution in [3.63, 3.8) is 0 Å². The molecule has 2 aromatic carbocycles. The normalized spacial score (nSPS) is 11.2. The van der Waals surface area contributed by atoms with Gasteiger partial charge in [-0.15, -0.1) is 0 Å². The minimum Gasteiger partial charge on any atom is -0.469 e. The van der Waals surface area contributed by atoms with Crippen molar-refractivity contribution in [1.29, 1.82) is 0 Å². The van der Waals surface area contributed by atoms with Crippen molar-refractivity contribution < 1.29 is 17.6 Å². The van der Waals surface area contributed by atoms with Crippen LogP contribution in [-0.2, 0) is 16.4 Å². The van der Waals surface area contributed by atoms with E-state index in [1.165, 1.54) is 0 Å². The smallest absolute Gasteiger partial charge is 0.261 e. The molecule has 0 bridgehead atoms. The van der Waals surface area contributed by atoms with Crippen molar-refractivity contribution in [3.8, 4) is 0 Å². The van der Waals surface area contributed by atoms with Gasteiger partial charge in [0.25, 0.3) is 15.9 Å². The Morgan fingerprint density at radius 2 is 1.79 bits per heavy atom. The van der Waals surface area contributed by atoms with Crippen LogP contribution in [0.1, 0.15) is 33.7 Å². The van der Waals surface area contributed by atoms with Crippen LogP contribution in [0.4, 0.5) is 5.69 Å². The van der Waals surface area contributed by atoms with Gasteiger partial charge in [-0.3, -0.25) is 9.52 Å². The molecule has 1 aromatic heterocycles. The lowest BCUT2D eigenvalue weighted by Crippen LogP contribution is -2.25. The second-order valence-electron chi connectivity index (χ2n) is 6.89. The van der Waals surface area contributed by atoms with Crippen LogP contribution in [0.15, 0.2) is 70.2 Å². The first-order chi connectivity index (χ1) is 13.8. The maximum atomic E-state index is 12.6. The zero-order valence-electron chi connectivity index (χ0n) is 16.4. The lowest BCUT2D eigenvalue weighted by atomic mass is 10.1. The van der Waals surface area contributed by atoms with Gasteiger partial charge in [-0.25, -0.2) is 8.42 Å². The van der Waals surface area contributed by atoms with Crippen molar-refractivity contribution in [3.05, 3.63) is 83.3 Å². The fourth-order valence-electron chi connectivity index (χ4n) is 2.82. The summed E-state index contributed by atoms with van der Waals surface area (Å²) >= 11 is 0. The fraction of sp³-hybridized carbons (Fsp3) is 0.227. The second-order valence-corrected chi connectivity index (χ2v) is 8.57. The van der Waals surface area contributed by atoms with E-state index >= 15 is 0 Å². The number of nitrogens with one attached hydrogen (secondary N) is 2. The summed E-state index contributed by atoms with van der Waals surface area (Å²) in [6.07, 6.45) is 3.11. The van der Waals surface area contributed by atoms with E-state index in [-0.39, 0.29) is 10.8 Å². The van der Waals surface area contributed by atoms with Gasteiger partial charge in [-0.2, -0.15) is 0 Å². The van der Waals surface area contributed by atoms with Gasteiger partial charge in [0.05, 0.1) is 16.8 Å². The Balaban J connectivity index is 1.65. The Labute approximate surface area is 171 Å². The summed E-state index contributed by atoms with van der Waals surface area (Å²) in [5, 5.41) is 2.85. The molecular formula is C22H24N2O4S. The fourth-order valence-corrected chi connectivity index (χ4v) is 3.94. The summed E-state index contributed by atoms with van der Waals surface area (Å²) in [5.41, 5.74) is 2.49. The number of hydrogen-bond donors (Lipinski definition) is 2. The van der Waals surface area contributed by atoms with Crippen molar-refractivity contribution in [1.82, 2.24) is 5.32 Å². The Morgan fingerprint density at radius 3 is 2.48 bits per heavy atom. The Hall–Kier alpha value is -3.06. The summed E-state index contributed by atoms with van der Waals surface area (Å²) in [4.78, 5) is 12.6. The molecule has 0 fully saturated rings. The summed E-state index contributed by atoms with van der Waals surface area (Å²) in [7, 11) is -3.73. The first-order valence-electron chi connectivity index (χ1n) is 9.36. The maximum absolute atomic E-state index is 12.6. The van der Waals surface area contributed by atoms with E-state index < -0.39 is 10.0 Å². The Kier molecular flexibility index (Phi) is 6.39. The molecule has 0 spiro atoms. The van der Waals surface area contributed by atoms with Crippen LogP contribution < -0.4 is 10.0 Å². The molecule has 1 amide bonds. The Morgan fingerprint density at radius 1 is 1.03 bits per heavy atom. The zero-order valence-corrected chi connectivity index (χ0v) is 17.3. The second kappa shape index (κ2) is 8.96. The van der Waals surface area contributed by atoms with Crippen molar-refractivity contribution in [2.24, 2.45) is 0 Å². The van der Waals surface area contributed by atoms with Crippen LogP contribution >= 0.6 is 0 Å². The topological polar surface area (TPSA) is 88.4 Å². The number of hydrogen-bond acceptors (Lipinski definition) is 4. The van der Waals surface area contributed by atoms with Gasteiger partial charge in [0.2, 0.25) is 0 Å². The quantitative estimate of drug-likeness (QED) is 0.546. The van der Waals surface area contributed by atoms with Crippen molar-refractivity contribution in [2.45, 2.75) is 31.6 Å². The number of sulfonamides is 1. The van der Waals surface area contributed by atoms with Crippen LogP contribution in [0.25, 0.3) is 0 Å². The predicted octanol–water partition coefficient (Wildman–Crippen LogP) is 4.06. The largest absolute Gasteiger partial charge is 0.469 e. The van der Waals surface area contributed by atoms with E-state index in [1.54, 1.807) is 55.7 Å².